The predicted octanol–water partition coefficient (Wildman–Crippen LogP) is 2.11. The van der Waals surface area contributed by atoms with Crippen molar-refractivity contribution in [2.75, 3.05) is 32.8 Å². The third kappa shape index (κ3) is 5.09. The summed E-state index contributed by atoms with van der Waals surface area (Å²) in [4.78, 5) is 27.4. The molecule has 0 aromatic carbocycles. The SMILES string of the molecule is CCCN(CC(=O)OCC)C(=O)N1CCCC(C)C1. The lowest BCUT2D eigenvalue weighted by Gasteiger charge is -2.35. The molecule has 0 bridgehead atoms. The van der Waals surface area contributed by atoms with Gasteiger partial charge in [0.1, 0.15) is 6.54 Å². The molecule has 110 valence electrons. The highest BCUT2D eigenvalue weighted by Gasteiger charge is 2.26. The molecular formula is C14H26N2O3. The van der Waals surface area contributed by atoms with Gasteiger partial charge in [0.05, 0.1) is 6.61 Å². The van der Waals surface area contributed by atoms with E-state index < -0.39 is 0 Å². The number of ether oxygens (including phenoxy) is 1. The zero-order valence-electron chi connectivity index (χ0n) is 12.4. The van der Waals surface area contributed by atoms with Gasteiger partial charge in [-0.1, -0.05) is 13.8 Å². The number of esters is 1. The van der Waals surface area contributed by atoms with E-state index in [1.807, 2.05) is 11.8 Å². The number of nitrogens with zero attached hydrogens (tertiary/aromatic N) is 2. The fourth-order valence-corrected chi connectivity index (χ4v) is 2.44. The smallest absolute Gasteiger partial charge is 0.325 e. The van der Waals surface area contributed by atoms with Gasteiger partial charge in [-0.05, 0) is 32.1 Å². The summed E-state index contributed by atoms with van der Waals surface area (Å²) < 4.78 is 4.93. The number of hydrogen-bond acceptors (Lipinski definition) is 3. The van der Waals surface area contributed by atoms with Crippen LogP contribution in [-0.4, -0.2) is 54.6 Å². The number of hydrogen-bond donors (Lipinski definition) is 0. The van der Waals surface area contributed by atoms with E-state index in [0.29, 0.717) is 19.1 Å². The van der Waals surface area contributed by atoms with Crippen molar-refractivity contribution in [1.82, 2.24) is 9.80 Å². The Morgan fingerprint density at radius 2 is 2.11 bits per heavy atom. The minimum atomic E-state index is -0.325. The highest BCUT2D eigenvalue weighted by molar-refractivity contribution is 5.81. The molecule has 0 spiro atoms. The molecule has 19 heavy (non-hydrogen) atoms. The molecular weight excluding hydrogens is 244 g/mol. The van der Waals surface area contributed by atoms with Gasteiger partial charge in [0, 0.05) is 19.6 Å². The van der Waals surface area contributed by atoms with E-state index in [2.05, 4.69) is 6.92 Å². The first-order chi connectivity index (χ1) is 9.08. The molecule has 5 nitrogen and oxygen atoms in total. The van der Waals surface area contributed by atoms with Crippen LogP contribution in [0.2, 0.25) is 0 Å². The van der Waals surface area contributed by atoms with Crippen molar-refractivity contribution in [3.63, 3.8) is 0 Å². The highest BCUT2D eigenvalue weighted by atomic mass is 16.5. The predicted molar refractivity (Wildman–Crippen MR) is 73.9 cm³/mol. The fraction of sp³-hybridized carbons (Fsp3) is 0.857. The molecule has 0 radical (unpaired) electrons. The average molecular weight is 270 g/mol. The van der Waals surface area contributed by atoms with E-state index in [1.165, 1.54) is 6.42 Å². The molecule has 2 amide bonds. The van der Waals surface area contributed by atoms with Crippen LogP contribution in [0.4, 0.5) is 4.79 Å². The summed E-state index contributed by atoms with van der Waals surface area (Å²) in [5.74, 6) is 0.220. The van der Waals surface area contributed by atoms with Crippen LogP contribution in [0, 0.1) is 5.92 Å². The van der Waals surface area contributed by atoms with E-state index >= 15 is 0 Å². The maximum atomic E-state index is 12.4. The molecule has 0 aromatic rings. The Morgan fingerprint density at radius 1 is 1.37 bits per heavy atom. The van der Waals surface area contributed by atoms with Crippen LogP contribution in [0.1, 0.15) is 40.0 Å². The average Bonchev–Trinajstić information content (AvgIpc) is 2.37. The fourth-order valence-electron chi connectivity index (χ4n) is 2.44. The number of rotatable bonds is 5. The molecule has 1 atom stereocenters. The Bertz CT molecular complexity index is 307. The van der Waals surface area contributed by atoms with Crippen LogP contribution >= 0.6 is 0 Å². The van der Waals surface area contributed by atoms with Crippen molar-refractivity contribution in [2.24, 2.45) is 5.92 Å². The van der Waals surface area contributed by atoms with E-state index in [1.54, 1.807) is 11.8 Å². The minimum absolute atomic E-state index is 0.0264. The molecule has 5 heteroatoms. The lowest BCUT2D eigenvalue weighted by atomic mass is 10.0. The first-order valence-electron chi connectivity index (χ1n) is 7.27. The second kappa shape index (κ2) is 8.02. The van der Waals surface area contributed by atoms with E-state index in [0.717, 1.165) is 25.9 Å². The first-order valence-corrected chi connectivity index (χ1v) is 7.27. The van der Waals surface area contributed by atoms with Gasteiger partial charge in [0.2, 0.25) is 0 Å². The molecule has 1 saturated heterocycles. The largest absolute Gasteiger partial charge is 0.465 e. The van der Waals surface area contributed by atoms with E-state index in [-0.39, 0.29) is 18.5 Å². The van der Waals surface area contributed by atoms with Crippen molar-refractivity contribution >= 4 is 12.0 Å². The summed E-state index contributed by atoms with van der Waals surface area (Å²) in [6.45, 7) is 8.55. The van der Waals surface area contributed by atoms with Crippen LogP contribution in [0.15, 0.2) is 0 Å². The van der Waals surface area contributed by atoms with Gasteiger partial charge in [-0.25, -0.2) is 4.79 Å². The van der Waals surface area contributed by atoms with Gasteiger partial charge in [0.25, 0.3) is 0 Å². The molecule has 1 heterocycles. The number of piperidine rings is 1. The quantitative estimate of drug-likeness (QED) is 0.719. The molecule has 0 aliphatic carbocycles. The number of likely N-dealkylation sites (tertiary alicyclic amines) is 1. The molecule has 1 rings (SSSR count). The van der Waals surface area contributed by atoms with Crippen LogP contribution in [-0.2, 0) is 9.53 Å². The zero-order valence-corrected chi connectivity index (χ0v) is 12.4. The van der Waals surface area contributed by atoms with Gasteiger partial charge in [-0.15, -0.1) is 0 Å². The van der Waals surface area contributed by atoms with Crippen LogP contribution in [0.3, 0.4) is 0 Å². The Morgan fingerprint density at radius 3 is 2.68 bits per heavy atom. The van der Waals surface area contributed by atoms with Crippen LogP contribution in [0.5, 0.6) is 0 Å². The monoisotopic (exact) mass is 270 g/mol. The maximum Gasteiger partial charge on any atom is 0.325 e. The van der Waals surface area contributed by atoms with Crippen molar-refractivity contribution in [1.29, 1.82) is 0 Å². The molecule has 1 aliphatic rings. The standard InChI is InChI=1S/C14H26N2O3/c1-4-8-15(11-13(17)19-5-2)14(18)16-9-6-7-12(3)10-16/h12H,4-11H2,1-3H3. The summed E-state index contributed by atoms with van der Waals surface area (Å²) in [5, 5.41) is 0. The lowest BCUT2D eigenvalue weighted by molar-refractivity contribution is -0.143. The number of carbonyl (C=O) groups is 2. The zero-order chi connectivity index (χ0) is 14.3. The molecule has 0 aromatic heterocycles. The third-order valence-electron chi connectivity index (χ3n) is 3.32. The second-order valence-corrected chi connectivity index (χ2v) is 5.20. The molecule has 1 unspecified atom stereocenters. The van der Waals surface area contributed by atoms with E-state index in [4.69, 9.17) is 4.74 Å². The Labute approximate surface area is 115 Å². The van der Waals surface area contributed by atoms with Crippen molar-refractivity contribution < 1.29 is 14.3 Å². The summed E-state index contributed by atoms with van der Waals surface area (Å²) in [7, 11) is 0. The number of carbonyl (C=O) groups excluding carboxylic acids is 2. The Balaban J connectivity index is 2.58. The topological polar surface area (TPSA) is 49.9 Å². The summed E-state index contributed by atoms with van der Waals surface area (Å²) in [5.41, 5.74) is 0. The highest BCUT2D eigenvalue weighted by Crippen LogP contribution is 2.17. The first kappa shape index (κ1) is 15.8. The van der Waals surface area contributed by atoms with Crippen molar-refractivity contribution in [2.45, 2.75) is 40.0 Å². The molecule has 0 N–H and O–H groups in total. The van der Waals surface area contributed by atoms with Crippen LogP contribution in [0.25, 0.3) is 0 Å². The Kier molecular flexibility index (Phi) is 6.67. The Hall–Kier alpha value is -1.26. The van der Waals surface area contributed by atoms with Gasteiger partial charge in [-0.3, -0.25) is 4.79 Å². The maximum absolute atomic E-state index is 12.4. The van der Waals surface area contributed by atoms with Gasteiger partial charge >= 0.3 is 12.0 Å². The van der Waals surface area contributed by atoms with Crippen molar-refractivity contribution in [3.05, 3.63) is 0 Å². The summed E-state index contributed by atoms with van der Waals surface area (Å²) in [6.07, 6.45) is 3.07. The lowest BCUT2D eigenvalue weighted by Crippen LogP contribution is -2.49. The van der Waals surface area contributed by atoms with Gasteiger partial charge < -0.3 is 14.5 Å². The third-order valence-corrected chi connectivity index (χ3v) is 3.32. The summed E-state index contributed by atoms with van der Waals surface area (Å²) in [6, 6.07) is -0.0264. The normalized spacial score (nSPS) is 19.1. The van der Waals surface area contributed by atoms with Crippen LogP contribution < -0.4 is 0 Å². The van der Waals surface area contributed by atoms with Crippen molar-refractivity contribution in [3.8, 4) is 0 Å². The second-order valence-electron chi connectivity index (χ2n) is 5.20. The molecule has 1 fully saturated rings. The van der Waals surface area contributed by atoms with Gasteiger partial charge in [0.15, 0.2) is 0 Å². The minimum Gasteiger partial charge on any atom is -0.465 e. The van der Waals surface area contributed by atoms with E-state index in [9.17, 15) is 9.59 Å². The molecule has 1 aliphatic heterocycles. The summed E-state index contributed by atoms with van der Waals surface area (Å²) >= 11 is 0. The number of amides is 2. The van der Waals surface area contributed by atoms with Gasteiger partial charge in [-0.2, -0.15) is 0 Å². The number of urea groups is 1. The molecule has 0 saturated carbocycles.